The van der Waals surface area contributed by atoms with Crippen molar-refractivity contribution in [2.24, 2.45) is 0 Å². The first kappa shape index (κ1) is 10.9. The van der Waals surface area contributed by atoms with Gasteiger partial charge < -0.3 is 5.32 Å². The van der Waals surface area contributed by atoms with Gasteiger partial charge in [0.15, 0.2) is 0 Å². The molecule has 1 aromatic carbocycles. The third kappa shape index (κ3) is 1.89. The van der Waals surface area contributed by atoms with Gasteiger partial charge in [0.1, 0.15) is 5.82 Å². The minimum atomic E-state index is -3.48. The van der Waals surface area contributed by atoms with Crippen molar-refractivity contribution in [3.63, 3.8) is 0 Å². The van der Waals surface area contributed by atoms with Crippen LogP contribution in [-0.2, 0) is 9.84 Å². The summed E-state index contributed by atoms with van der Waals surface area (Å²) in [4.78, 5) is 0.426. The molecule has 1 aliphatic heterocycles. The summed E-state index contributed by atoms with van der Waals surface area (Å²) in [5.74, 6) is -0.517. The minimum Gasteiger partial charge on any atom is -0.309 e. The molecule has 1 saturated carbocycles. The molecule has 0 radical (unpaired) electrons. The van der Waals surface area contributed by atoms with Crippen LogP contribution in [0.4, 0.5) is 4.39 Å². The number of nitrogens with one attached hydrogen (secondary N) is 1. The molecule has 0 amide bonds. The van der Waals surface area contributed by atoms with E-state index in [-0.39, 0.29) is 4.90 Å². The van der Waals surface area contributed by atoms with Gasteiger partial charge in [-0.15, -0.1) is 0 Å². The maximum Gasteiger partial charge on any atom is 0.204 e. The van der Waals surface area contributed by atoms with Gasteiger partial charge in [0.25, 0.3) is 0 Å². The highest BCUT2D eigenvalue weighted by Gasteiger charge is 2.31. The maximum atomic E-state index is 13.1. The predicted octanol–water partition coefficient (Wildman–Crippen LogP) is 1.71. The second-order valence-electron chi connectivity index (χ2n) is 4.45. The van der Waals surface area contributed by atoms with Crippen LogP contribution in [0.2, 0.25) is 0 Å². The minimum absolute atomic E-state index is 0.0881. The summed E-state index contributed by atoms with van der Waals surface area (Å²) in [6.07, 6.45) is 3.84. The van der Waals surface area contributed by atoms with Crippen molar-refractivity contribution in [3.05, 3.63) is 34.5 Å². The largest absolute Gasteiger partial charge is 0.309 e. The van der Waals surface area contributed by atoms with Crippen LogP contribution >= 0.6 is 0 Å². The molecule has 90 valence electrons. The first-order chi connectivity index (χ1) is 8.07. The molecular weight excluding hydrogens is 241 g/mol. The molecule has 17 heavy (non-hydrogen) atoms. The molecule has 0 saturated heterocycles. The van der Waals surface area contributed by atoms with Crippen molar-refractivity contribution >= 4 is 15.9 Å². The highest BCUT2D eigenvalue weighted by atomic mass is 32.2. The molecule has 3 rings (SSSR count). The van der Waals surface area contributed by atoms with E-state index < -0.39 is 15.7 Å². The zero-order chi connectivity index (χ0) is 12.0. The van der Waals surface area contributed by atoms with Gasteiger partial charge >= 0.3 is 0 Å². The lowest BCUT2D eigenvalue weighted by Crippen LogP contribution is -2.21. The number of fused-ring (bicyclic) bond motifs is 1. The lowest BCUT2D eigenvalue weighted by molar-refractivity contribution is 0.595. The van der Waals surface area contributed by atoms with Gasteiger partial charge in [0.2, 0.25) is 9.84 Å². The van der Waals surface area contributed by atoms with Gasteiger partial charge in [-0.25, -0.2) is 12.8 Å². The molecule has 3 nitrogen and oxygen atoms in total. The lowest BCUT2D eigenvalue weighted by Gasteiger charge is -2.04. The van der Waals surface area contributed by atoms with E-state index in [0.29, 0.717) is 23.1 Å². The second-order valence-corrected chi connectivity index (χ2v) is 6.42. The van der Waals surface area contributed by atoms with E-state index in [2.05, 4.69) is 5.32 Å². The highest BCUT2D eigenvalue weighted by Crippen LogP contribution is 2.33. The summed E-state index contributed by atoms with van der Waals surface area (Å²) >= 11 is 0. The fourth-order valence-corrected chi connectivity index (χ4v) is 3.47. The number of hydrogen-bond donors (Lipinski definition) is 1. The van der Waals surface area contributed by atoms with Gasteiger partial charge in [-0.3, -0.25) is 0 Å². The second kappa shape index (κ2) is 3.65. The van der Waals surface area contributed by atoms with E-state index >= 15 is 0 Å². The van der Waals surface area contributed by atoms with Crippen molar-refractivity contribution < 1.29 is 12.8 Å². The molecule has 0 spiro atoms. The summed E-state index contributed by atoms with van der Waals surface area (Å²) in [6, 6.07) is 4.33. The predicted molar refractivity (Wildman–Crippen MR) is 62.6 cm³/mol. The molecule has 0 unspecified atom stereocenters. The van der Waals surface area contributed by atoms with Crippen LogP contribution in [0.3, 0.4) is 0 Å². The number of rotatable bonds is 3. The first-order valence-electron chi connectivity index (χ1n) is 5.56. The van der Waals surface area contributed by atoms with Crippen LogP contribution in [0.1, 0.15) is 18.4 Å². The van der Waals surface area contributed by atoms with Gasteiger partial charge in [-0.1, -0.05) is 6.07 Å². The van der Waals surface area contributed by atoms with Crippen molar-refractivity contribution in [3.8, 4) is 0 Å². The molecule has 1 aliphatic carbocycles. The molecule has 0 bridgehead atoms. The van der Waals surface area contributed by atoms with Crippen LogP contribution in [0.5, 0.6) is 0 Å². The Kier molecular flexibility index (Phi) is 2.34. The Morgan fingerprint density at radius 1 is 1.35 bits per heavy atom. The van der Waals surface area contributed by atoms with Gasteiger partial charge in [-0.05, 0) is 36.6 Å². The van der Waals surface area contributed by atoms with Crippen LogP contribution in [0.25, 0.3) is 6.08 Å². The average Bonchev–Trinajstić information content (AvgIpc) is 3.05. The van der Waals surface area contributed by atoms with Crippen molar-refractivity contribution in [1.29, 1.82) is 0 Å². The van der Waals surface area contributed by atoms with E-state index in [1.165, 1.54) is 12.1 Å². The fraction of sp³-hybridized carbons (Fsp3) is 0.333. The average molecular weight is 253 g/mol. The van der Waals surface area contributed by atoms with Crippen LogP contribution in [-0.4, -0.2) is 21.0 Å². The molecule has 0 atom stereocenters. The van der Waals surface area contributed by atoms with Gasteiger partial charge in [-0.2, -0.15) is 0 Å². The third-order valence-corrected chi connectivity index (χ3v) is 4.95. The fourth-order valence-electron chi connectivity index (χ4n) is 1.93. The summed E-state index contributed by atoms with van der Waals surface area (Å²) < 4.78 is 37.2. The molecule has 1 fully saturated rings. The molecule has 2 aliphatic rings. The summed E-state index contributed by atoms with van der Waals surface area (Å²) in [5.41, 5.74) is 0.582. The molecule has 1 heterocycles. The van der Waals surface area contributed by atoms with Gasteiger partial charge in [0, 0.05) is 12.6 Å². The van der Waals surface area contributed by atoms with Crippen molar-refractivity contribution in [2.75, 3.05) is 6.54 Å². The Bertz CT molecular complexity index is 603. The van der Waals surface area contributed by atoms with E-state index in [4.69, 9.17) is 0 Å². The highest BCUT2D eigenvalue weighted by molar-refractivity contribution is 7.95. The Balaban J connectivity index is 1.93. The lowest BCUT2D eigenvalue weighted by atomic mass is 10.2. The van der Waals surface area contributed by atoms with E-state index in [1.54, 1.807) is 6.08 Å². The van der Waals surface area contributed by atoms with E-state index in [1.807, 2.05) is 0 Å². The summed E-state index contributed by atoms with van der Waals surface area (Å²) in [7, 11) is -3.48. The quantitative estimate of drug-likeness (QED) is 0.892. The smallest absolute Gasteiger partial charge is 0.204 e. The van der Waals surface area contributed by atoms with Crippen LogP contribution in [0, 0.1) is 5.82 Å². The van der Waals surface area contributed by atoms with Crippen LogP contribution in [0.15, 0.2) is 28.0 Å². The zero-order valence-corrected chi connectivity index (χ0v) is 9.93. The van der Waals surface area contributed by atoms with E-state index in [0.717, 1.165) is 18.9 Å². The van der Waals surface area contributed by atoms with E-state index in [9.17, 15) is 12.8 Å². The molecule has 1 N–H and O–H groups in total. The molecule has 1 aromatic rings. The normalized spacial score (nSPS) is 21.1. The standard InChI is InChI=1S/C12H12FNO2S/c13-9-2-1-8-5-11(7-14-10-3-4-10)17(15,16)12(8)6-9/h1-2,5-6,10,14H,3-4,7H2. The molecule has 5 heteroatoms. The number of halogens is 1. The monoisotopic (exact) mass is 253 g/mol. The maximum absolute atomic E-state index is 13.1. The summed E-state index contributed by atoms with van der Waals surface area (Å²) in [6.45, 7) is 0.337. The number of hydrogen-bond acceptors (Lipinski definition) is 3. The summed E-state index contributed by atoms with van der Waals surface area (Å²) in [5, 5.41) is 3.16. The zero-order valence-electron chi connectivity index (χ0n) is 9.11. The van der Waals surface area contributed by atoms with Crippen molar-refractivity contribution in [2.45, 2.75) is 23.8 Å². The first-order valence-corrected chi connectivity index (χ1v) is 7.04. The van der Waals surface area contributed by atoms with Gasteiger partial charge in [0.05, 0.1) is 9.80 Å². The SMILES string of the molecule is O=S1(=O)C(CNC2CC2)=Cc2ccc(F)cc21. The molecule has 0 aromatic heterocycles. The van der Waals surface area contributed by atoms with Crippen LogP contribution < -0.4 is 5.32 Å². The Labute approximate surface area is 99.3 Å². The topological polar surface area (TPSA) is 46.2 Å². The Morgan fingerprint density at radius 2 is 2.12 bits per heavy atom. The number of sulfone groups is 1. The number of benzene rings is 1. The Hall–Kier alpha value is -1.20. The van der Waals surface area contributed by atoms with Crippen molar-refractivity contribution in [1.82, 2.24) is 5.32 Å². The third-order valence-electron chi connectivity index (χ3n) is 3.07. The molecular formula is C12H12FNO2S. The Morgan fingerprint density at radius 3 is 2.82 bits per heavy atom.